The molecule has 0 spiro atoms. The van der Waals surface area contributed by atoms with Gasteiger partial charge in [0.2, 0.25) is 0 Å². The second-order valence-corrected chi connectivity index (χ2v) is 10.1. The maximum absolute atomic E-state index is 2.41. The molecule has 0 aromatic heterocycles. The quantitative estimate of drug-likeness (QED) is 0.226. The monoisotopic (exact) mass is 502 g/mol. The lowest BCUT2D eigenvalue weighted by Crippen LogP contribution is -2.02. The van der Waals surface area contributed by atoms with Gasteiger partial charge < -0.3 is 0 Å². The van der Waals surface area contributed by atoms with E-state index in [1.165, 1.54) is 71.6 Å². The molecule has 6 aromatic rings. The van der Waals surface area contributed by atoms with E-state index in [-0.39, 0.29) is 0 Å². The zero-order valence-electron chi connectivity index (χ0n) is 23.0. The summed E-state index contributed by atoms with van der Waals surface area (Å²) in [6, 6.07) is 42.4. The third-order valence-electron chi connectivity index (χ3n) is 7.80. The van der Waals surface area contributed by atoms with Crippen LogP contribution in [0.3, 0.4) is 0 Å². The highest BCUT2D eigenvalue weighted by atomic mass is 14.2. The third-order valence-corrected chi connectivity index (χ3v) is 7.80. The van der Waals surface area contributed by atoms with E-state index >= 15 is 0 Å². The van der Waals surface area contributed by atoms with Gasteiger partial charge in [0.1, 0.15) is 0 Å². The summed E-state index contributed by atoms with van der Waals surface area (Å²) in [7, 11) is 0. The minimum absolute atomic E-state index is 1.07. The van der Waals surface area contributed by atoms with Crippen LogP contribution in [0, 0.1) is 6.92 Å². The van der Waals surface area contributed by atoms with Gasteiger partial charge in [-0.3, -0.25) is 0 Å². The fourth-order valence-electron chi connectivity index (χ4n) is 6.04. The molecule has 0 amide bonds. The smallest absolute Gasteiger partial charge is 0.00295 e. The molecule has 0 radical (unpaired) electrons. The molecule has 0 nitrogen and oxygen atoms in total. The Bertz CT molecular complexity index is 1800. The standard InChI is InChI=1S/C37H28.C2H6/c1-25-18-20-28(21-19-25)36-31-13-5-7-15-33(31)37(34-16-8-6-14-32(34)36)29-23-22-27-12-9-17-30(35(27)24-29)26-10-3-2-4-11-26;1-2/h2-5,7-13,15-24H,6,14H2,1H3;1-2H3. The molecular weight excluding hydrogens is 468 g/mol. The minimum atomic E-state index is 1.07. The van der Waals surface area contributed by atoms with E-state index in [9.17, 15) is 0 Å². The van der Waals surface area contributed by atoms with Crippen LogP contribution in [0.15, 0.2) is 121 Å². The molecule has 0 aliphatic heterocycles. The first kappa shape index (κ1) is 24.9. The number of allylic oxidation sites excluding steroid dienone is 1. The Morgan fingerprint density at radius 1 is 0.538 bits per heavy atom. The predicted octanol–water partition coefficient (Wildman–Crippen LogP) is 11.3. The maximum atomic E-state index is 2.41. The summed E-state index contributed by atoms with van der Waals surface area (Å²) in [5, 5.41) is 5.23. The molecule has 39 heavy (non-hydrogen) atoms. The summed E-state index contributed by atoms with van der Waals surface area (Å²) in [6.07, 6.45) is 6.86. The van der Waals surface area contributed by atoms with Gasteiger partial charge in [0.15, 0.2) is 0 Å². The molecule has 0 heteroatoms. The van der Waals surface area contributed by atoms with E-state index in [1.54, 1.807) is 0 Å². The van der Waals surface area contributed by atoms with Crippen molar-refractivity contribution in [3.05, 3.63) is 138 Å². The highest BCUT2D eigenvalue weighted by molar-refractivity contribution is 6.11. The fourth-order valence-corrected chi connectivity index (χ4v) is 6.04. The fraction of sp³-hybridized carbons (Fsp3) is 0.128. The molecule has 0 heterocycles. The summed E-state index contributed by atoms with van der Waals surface area (Å²) in [4.78, 5) is 0. The zero-order valence-corrected chi connectivity index (χ0v) is 23.0. The van der Waals surface area contributed by atoms with Crippen LogP contribution in [0.5, 0.6) is 0 Å². The average Bonchev–Trinajstić information content (AvgIpc) is 3.01. The third kappa shape index (κ3) is 4.47. The summed E-state index contributed by atoms with van der Waals surface area (Å²) in [5.41, 5.74) is 12.0. The van der Waals surface area contributed by atoms with E-state index in [0.717, 1.165) is 12.8 Å². The number of hydrogen-bond acceptors (Lipinski definition) is 0. The van der Waals surface area contributed by atoms with Crippen LogP contribution < -0.4 is 0 Å². The van der Waals surface area contributed by atoms with Crippen LogP contribution in [0.25, 0.3) is 61.0 Å². The van der Waals surface area contributed by atoms with Gasteiger partial charge in [0.05, 0.1) is 0 Å². The highest BCUT2D eigenvalue weighted by Gasteiger charge is 2.21. The summed E-state index contributed by atoms with van der Waals surface area (Å²) in [5.74, 6) is 0. The Labute approximate surface area is 232 Å². The average molecular weight is 503 g/mol. The molecule has 190 valence electrons. The van der Waals surface area contributed by atoms with Gasteiger partial charge in [0, 0.05) is 0 Å². The van der Waals surface area contributed by atoms with Crippen molar-refractivity contribution in [1.29, 1.82) is 0 Å². The SMILES string of the molecule is CC.Cc1ccc(-c2c3c(c(-c4ccc5cccc(-c6ccccc6)c5c4)c4ccccc24)C=CCC3)cc1. The Morgan fingerprint density at radius 3 is 2.00 bits per heavy atom. The molecule has 0 atom stereocenters. The van der Waals surface area contributed by atoms with Gasteiger partial charge >= 0.3 is 0 Å². The first-order valence-corrected chi connectivity index (χ1v) is 14.2. The van der Waals surface area contributed by atoms with E-state index in [1.807, 2.05) is 13.8 Å². The van der Waals surface area contributed by atoms with Gasteiger partial charge in [-0.05, 0) is 91.9 Å². The van der Waals surface area contributed by atoms with Crippen LogP contribution in [0.4, 0.5) is 0 Å². The summed E-state index contributed by atoms with van der Waals surface area (Å²) < 4.78 is 0. The van der Waals surface area contributed by atoms with E-state index in [0.29, 0.717) is 0 Å². The topological polar surface area (TPSA) is 0 Å². The largest absolute Gasteiger partial charge is 0.0836 e. The second kappa shape index (κ2) is 10.8. The van der Waals surface area contributed by atoms with E-state index in [4.69, 9.17) is 0 Å². The summed E-state index contributed by atoms with van der Waals surface area (Å²) >= 11 is 0. The van der Waals surface area contributed by atoms with Gasteiger partial charge in [-0.15, -0.1) is 0 Å². The van der Waals surface area contributed by atoms with Crippen molar-refractivity contribution in [2.24, 2.45) is 0 Å². The molecular formula is C39H34. The Hall–Kier alpha value is -4.42. The van der Waals surface area contributed by atoms with Gasteiger partial charge in [-0.2, -0.15) is 0 Å². The molecule has 0 fully saturated rings. The molecule has 0 bridgehead atoms. The maximum Gasteiger partial charge on any atom is -0.00295 e. The molecule has 1 aliphatic carbocycles. The lowest BCUT2D eigenvalue weighted by atomic mass is 9.80. The molecule has 0 saturated heterocycles. The molecule has 1 aliphatic rings. The van der Waals surface area contributed by atoms with Crippen molar-refractivity contribution in [2.45, 2.75) is 33.6 Å². The normalized spacial score (nSPS) is 12.2. The van der Waals surface area contributed by atoms with Crippen LogP contribution in [-0.4, -0.2) is 0 Å². The van der Waals surface area contributed by atoms with Crippen LogP contribution >= 0.6 is 0 Å². The highest BCUT2D eigenvalue weighted by Crippen LogP contribution is 2.45. The molecule has 7 rings (SSSR count). The van der Waals surface area contributed by atoms with Crippen molar-refractivity contribution in [3.8, 4) is 33.4 Å². The molecule has 0 N–H and O–H groups in total. The second-order valence-electron chi connectivity index (χ2n) is 10.1. The van der Waals surface area contributed by atoms with Gasteiger partial charge in [-0.1, -0.05) is 141 Å². The van der Waals surface area contributed by atoms with Crippen molar-refractivity contribution in [1.82, 2.24) is 0 Å². The van der Waals surface area contributed by atoms with Gasteiger partial charge in [-0.25, -0.2) is 0 Å². The summed E-state index contributed by atoms with van der Waals surface area (Å²) in [6.45, 7) is 6.16. The zero-order chi connectivity index (χ0) is 26.8. The number of fused-ring (bicyclic) bond motifs is 3. The number of aryl methyl sites for hydroxylation is 1. The van der Waals surface area contributed by atoms with Crippen LogP contribution in [0.1, 0.15) is 37.0 Å². The first-order chi connectivity index (χ1) is 19.3. The van der Waals surface area contributed by atoms with E-state index in [2.05, 4.69) is 134 Å². The van der Waals surface area contributed by atoms with Gasteiger partial charge in [0.25, 0.3) is 0 Å². The minimum Gasteiger partial charge on any atom is -0.0836 e. The molecule has 0 saturated carbocycles. The molecule has 6 aromatic carbocycles. The Balaban J connectivity index is 0.00000135. The number of benzene rings is 6. The first-order valence-electron chi connectivity index (χ1n) is 14.2. The van der Waals surface area contributed by atoms with Crippen molar-refractivity contribution >= 4 is 27.6 Å². The Kier molecular flexibility index (Phi) is 6.86. The van der Waals surface area contributed by atoms with Crippen molar-refractivity contribution in [2.75, 3.05) is 0 Å². The van der Waals surface area contributed by atoms with E-state index < -0.39 is 0 Å². The van der Waals surface area contributed by atoms with Crippen molar-refractivity contribution < 1.29 is 0 Å². The number of hydrogen-bond donors (Lipinski definition) is 0. The van der Waals surface area contributed by atoms with Crippen LogP contribution in [-0.2, 0) is 6.42 Å². The molecule has 0 unspecified atom stereocenters. The Morgan fingerprint density at radius 2 is 1.23 bits per heavy atom. The van der Waals surface area contributed by atoms with Crippen LogP contribution in [0.2, 0.25) is 0 Å². The lowest BCUT2D eigenvalue weighted by molar-refractivity contribution is 0.991. The van der Waals surface area contributed by atoms with Crippen molar-refractivity contribution in [3.63, 3.8) is 0 Å². The predicted molar refractivity (Wildman–Crippen MR) is 171 cm³/mol. The number of rotatable bonds is 3. The lowest BCUT2D eigenvalue weighted by Gasteiger charge is -2.24.